The van der Waals surface area contributed by atoms with Crippen LogP contribution in [0.15, 0.2) is 42.5 Å². The van der Waals surface area contributed by atoms with E-state index in [2.05, 4.69) is 10.6 Å². The molecule has 2 aromatic rings. The van der Waals surface area contributed by atoms with Crippen molar-refractivity contribution < 1.29 is 26.4 Å². The van der Waals surface area contributed by atoms with Gasteiger partial charge in [0.25, 0.3) is 0 Å². The van der Waals surface area contributed by atoms with E-state index in [4.69, 9.17) is 0 Å². The van der Waals surface area contributed by atoms with Crippen LogP contribution in [0.1, 0.15) is 11.1 Å². The third-order valence-electron chi connectivity index (χ3n) is 4.04. The van der Waals surface area contributed by atoms with Gasteiger partial charge in [-0.15, -0.1) is 0 Å². The number of carbonyl (C=O) groups is 1. The molecule has 10 heteroatoms. The number of nitrogens with one attached hydrogen (secondary N) is 2. The first kappa shape index (κ1) is 19.0. The Labute approximate surface area is 154 Å². The number of urea groups is 1. The van der Waals surface area contributed by atoms with Gasteiger partial charge in [-0.05, 0) is 48.4 Å². The Morgan fingerprint density at radius 1 is 1.07 bits per heavy atom. The van der Waals surface area contributed by atoms with Gasteiger partial charge in [0.15, 0.2) is 0 Å². The average molecular weight is 399 g/mol. The molecule has 0 saturated heterocycles. The SMILES string of the molecule is CS(=O)(=O)N1CCc2cc(NC(=O)Nc3cccc(C(F)(F)F)c3)ccc21. The fourth-order valence-corrected chi connectivity index (χ4v) is 3.82. The molecule has 3 rings (SSSR count). The van der Waals surface area contributed by atoms with Gasteiger partial charge >= 0.3 is 12.2 Å². The van der Waals surface area contributed by atoms with Crippen molar-refractivity contribution in [1.82, 2.24) is 0 Å². The first-order valence-electron chi connectivity index (χ1n) is 7.90. The van der Waals surface area contributed by atoms with Crippen molar-refractivity contribution >= 4 is 33.1 Å². The Morgan fingerprint density at radius 2 is 1.74 bits per heavy atom. The number of alkyl halides is 3. The largest absolute Gasteiger partial charge is 0.416 e. The molecule has 6 nitrogen and oxygen atoms in total. The summed E-state index contributed by atoms with van der Waals surface area (Å²) >= 11 is 0. The van der Waals surface area contributed by atoms with Gasteiger partial charge in [0.2, 0.25) is 10.0 Å². The number of anilines is 3. The molecule has 2 aromatic carbocycles. The lowest BCUT2D eigenvalue weighted by Gasteiger charge is -2.16. The lowest BCUT2D eigenvalue weighted by molar-refractivity contribution is -0.137. The molecule has 1 heterocycles. The van der Waals surface area contributed by atoms with Crippen LogP contribution < -0.4 is 14.9 Å². The molecule has 0 aromatic heterocycles. The van der Waals surface area contributed by atoms with Crippen LogP contribution >= 0.6 is 0 Å². The molecule has 0 bridgehead atoms. The zero-order valence-corrected chi connectivity index (χ0v) is 15.0. The molecule has 1 aliphatic heterocycles. The highest BCUT2D eigenvalue weighted by Crippen LogP contribution is 2.32. The number of rotatable bonds is 3. The van der Waals surface area contributed by atoms with Crippen molar-refractivity contribution in [2.75, 3.05) is 27.7 Å². The van der Waals surface area contributed by atoms with Gasteiger partial charge in [0, 0.05) is 17.9 Å². The number of hydrogen-bond donors (Lipinski definition) is 2. The van der Waals surface area contributed by atoms with Gasteiger partial charge in [-0.2, -0.15) is 13.2 Å². The monoisotopic (exact) mass is 399 g/mol. The molecular formula is C17H16F3N3O3S. The predicted molar refractivity (Wildman–Crippen MR) is 96.4 cm³/mol. The van der Waals surface area contributed by atoms with E-state index in [9.17, 15) is 26.4 Å². The van der Waals surface area contributed by atoms with E-state index in [0.717, 1.165) is 24.0 Å². The Balaban J connectivity index is 1.71. The summed E-state index contributed by atoms with van der Waals surface area (Å²) in [5.74, 6) is 0. The Hall–Kier alpha value is -2.75. The van der Waals surface area contributed by atoms with Crippen molar-refractivity contribution in [3.8, 4) is 0 Å². The van der Waals surface area contributed by atoms with E-state index in [-0.39, 0.29) is 5.69 Å². The van der Waals surface area contributed by atoms with Crippen LogP contribution in [0.25, 0.3) is 0 Å². The maximum Gasteiger partial charge on any atom is 0.416 e. The minimum absolute atomic E-state index is 0.00624. The molecule has 0 fully saturated rings. The van der Waals surface area contributed by atoms with Crippen molar-refractivity contribution in [2.24, 2.45) is 0 Å². The standard InChI is InChI=1S/C17H16F3N3O3S/c1-27(25,26)23-8-7-11-9-14(5-6-15(11)23)22-16(24)21-13-4-2-3-12(10-13)17(18,19)20/h2-6,9-10H,7-8H2,1H3,(H2,21,22,24). The molecular weight excluding hydrogens is 383 g/mol. The summed E-state index contributed by atoms with van der Waals surface area (Å²) in [5, 5.41) is 4.88. The maximum atomic E-state index is 12.7. The van der Waals surface area contributed by atoms with Crippen LogP contribution in [-0.2, 0) is 22.6 Å². The number of amides is 2. The highest BCUT2D eigenvalue weighted by molar-refractivity contribution is 7.92. The Morgan fingerprint density at radius 3 is 2.37 bits per heavy atom. The Bertz CT molecular complexity index is 990. The predicted octanol–water partition coefficient (Wildman–Crippen LogP) is 3.67. The number of benzene rings is 2. The van der Waals surface area contributed by atoms with E-state index in [1.807, 2.05) is 0 Å². The van der Waals surface area contributed by atoms with E-state index >= 15 is 0 Å². The van der Waals surface area contributed by atoms with Crippen molar-refractivity contribution in [1.29, 1.82) is 0 Å². The lowest BCUT2D eigenvalue weighted by atomic mass is 10.1. The first-order chi connectivity index (χ1) is 12.5. The molecule has 0 aliphatic carbocycles. The molecule has 0 saturated carbocycles. The van der Waals surface area contributed by atoms with Gasteiger partial charge in [0.05, 0.1) is 17.5 Å². The minimum Gasteiger partial charge on any atom is -0.308 e. The van der Waals surface area contributed by atoms with Gasteiger partial charge < -0.3 is 10.6 Å². The molecule has 0 spiro atoms. The van der Waals surface area contributed by atoms with Crippen molar-refractivity contribution in [3.63, 3.8) is 0 Å². The molecule has 0 radical (unpaired) electrons. The van der Waals surface area contributed by atoms with Crippen LogP contribution in [0.4, 0.5) is 35.0 Å². The summed E-state index contributed by atoms with van der Waals surface area (Å²) in [7, 11) is -3.37. The first-order valence-corrected chi connectivity index (χ1v) is 9.75. The normalized spacial score (nSPS) is 14.0. The second-order valence-electron chi connectivity index (χ2n) is 6.09. The average Bonchev–Trinajstić information content (AvgIpc) is 2.97. The summed E-state index contributed by atoms with van der Waals surface area (Å²) in [4.78, 5) is 12.1. The van der Waals surface area contributed by atoms with Crippen molar-refractivity contribution in [3.05, 3.63) is 53.6 Å². The van der Waals surface area contributed by atoms with Gasteiger partial charge in [0.1, 0.15) is 0 Å². The Kier molecular flexibility index (Phi) is 4.77. The highest BCUT2D eigenvalue weighted by atomic mass is 32.2. The quantitative estimate of drug-likeness (QED) is 0.827. The number of carbonyl (C=O) groups excluding carboxylic acids is 1. The fraction of sp³-hybridized carbons (Fsp3) is 0.235. The van der Waals surface area contributed by atoms with Crippen LogP contribution in [0.2, 0.25) is 0 Å². The highest BCUT2D eigenvalue weighted by Gasteiger charge is 2.30. The van der Waals surface area contributed by atoms with Gasteiger partial charge in [-0.25, -0.2) is 13.2 Å². The van der Waals surface area contributed by atoms with Crippen molar-refractivity contribution in [2.45, 2.75) is 12.6 Å². The summed E-state index contributed by atoms with van der Waals surface area (Å²) < 4.78 is 62.9. The number of hydrogen-bond acceptors (Lipinski definition) is 3. The van der Waals surface area contributed by atoms with E-state index in [1.165, 1.54) is 22.5 Å². The maximum absolute atomic E-state index is 12.7. The van der Waals surface area contributed by atoms with Crippen LogP contribution in [-0.4, -0.2) is 27.2 Å². The number of halogens is 3. The van der Waals surface area contributed by atoms with Crippen LogP contribution in [0.5, 0.6) is 0 Å². The molecule has 144 valence electrons. The molecule has 0 unspecified atom stereocenters. The minimum atomic E-state index is -4.50. The number of nitrogens with zero attached hydrogens (tertiary/aromatic N) is 1. The lowest BCUT2D eigenvalue weighted by Crippen LogP contribution is -2.27. The molecule has 2 N–H and O–H groups in total. The molecule has 27 heavy (non-hydrogen) atoms. The summed E-state index contributed by atoms with van der Waals surface area (Å²) in [6, 6.07) is 8.37. The topological polar surface area (TPSA) is 78.5 Å². The summed E-state index contributed by atoms with van der Waals surface area (Å²) in [6.45, 7) is 0.327. The van der Waals surface area contributed by atoms with Crippen LogP contribution in [0, 0.1) is 0 Å². The van der Waals surface area contributed by atoms with E-state index in [0.29, 0.717) is 24.3 Å². The smallest absolute Gasteiger partial charge is 0.308 e. The summed E-state index contributed by atoms with van der Waals surface area (Å²) in [5.41, 5.74) is 0.873. The van der Waals surface area contributed by atoms with Gasteiger partial charge in [-0.3, -0.25) is 4.31 Å². The number of fused-ring (bicyclic) bond motifs is 1. The van der Waals surface area contributed by atoms with E-state index < -0.39 is 27.8 Å². The zero-order valence-electron chi connectivity index (χ0n) is 14.2. The molecule has 2 amide bonds. The zero-order chi connectivity index (χ0) is 19.8. The third kappa shape index (κ3) is 4.33. The second-order valence-corrected chi connectivity index (χ2v) is 7.99. The van der Waals surface area contributed by atoms with Gasteiger partial charge in [-0.1, -0.05) is 6.07 Å². The van der Waals surface area contributed by atoms with Crippen LogP contribution in [0.3, 0.4) is 0 Å². The summed E-state index contributed by atoms with van der Waals surface area (Å²) in [6.07, 6.45) is -2.87. The van der Waals surface area contributed by atoms with E-state index in [1.54, 1.807) is 12.1 Å². The fourth-order valence-electron chi connectivity index (χ4n) is 2.86. The number of sulfonamides is 1. The molecule has 0 atom stereocenters. The molecule has 1 aliphatic rings. The second kappa shape index (κ2) is 6.76. The third-order valence-corrected chi connectivity index (χ3v) is 5.22.